The molecule has 2 aromatic carbocycles. The van der Waals surface area contributed by atoms with Crippen LogP contribution in [0.15, 0.2) is 60.8 Å². The Labute approximate surface area is 157 Å². The molecule has 7 nitrogen and oxygen atoms in total. The van der Waals surface area contributed by atoms with E-state index in [0.29, 0.717) is 23.0 Å². The lowest BCUT2D eigenvalue weighted by atomic mass is 10.2. The number of nitriles is 1. The molecule has 0 aliphatic carbocycles. The molecule has 1 aliphatic heterocycles. The van der Waals surface area contributed by atoms with Crippen LogP contribution in [0.1, 0.15) is 5.56 Å². The zero-order chi connectivity index (χ0) is 18.5. The smallest absolute Gasteiger partial charge is 0.247 e. The molecule has 0 amide bonds. The van der Waals surface area contributed by atoms with Crippen LogP contribution in [-0.2, 0) is 0 Å². The topological polar surface area (TPSA) is 81.0 Å². The minimum Gasteiger partial charge on any atom is -0.368 e. The molecule has 1 fully saturated rings. The van der Waals surface area contributed by atoms with Crippen LogP contribution in [0.2, 0.25) is 0 Å². The van der Waals surface area contributed by atoms with Crippen molar-refractivity contribution in [3.63, 3.8) is 0 Å². The number of piperazine rings is 1. The number of aromatic nitrogens is 3. The van der Waals surface area contributed by atoms with Crippen molar-refractivity contribution in [1.82, 2.24) is 15.2 Å². The van der Waals surface area contributed by atoms with Crippen LogP contribution in [-0.4, -0.2) is 41.4 Å². The molecular formula is C20H19N7. The first-order valence-electron chi connectivity index (χ1n) is 8.84. The van der Waals surface area contributed by atoms with E-state index >= 15 is 0 Å². The fourth-order valence-corrected chi connectivity index (χ4v) is 3.12. The largest absolute Gasteiger partial charge is 0.368 e. The summed E-state index contributed by atoms with van der Waals surface area (Å²) in [6.07, 6.45) is 1.57. The van der Waals surface area contributed by atoms with Gasteiger partial charge in [-0.2, -0.15) is 15.3 Å². The Morgan fingerprint density at radius 1 is 0.889 bits per heavy atom. The molecule has 0 saturated carbocycles. The average molecular weight is 357 g/mol. The zero-order valence-electron chi connectivity index (χ0n) is 14.8. The molecule has 4 rings (SSSR count). The van der Waals surface area contributed by atoms with E-state index in [9.17, 15) is 5.26 Å². The van der Waals surface area contributed by atoms with Crippen molar-refractivity contribution < 1.29 is 0 Å². The van der Waals surface area contributed by atoms with Crippen molar-refractivity contribution in [2.45, 2.75) is 0 Å². The van der Waals surface area contributed by atoms with Gasteiger partial charge < -0.3 is 15.1 Å². The summed E-state index contributed by atoms with van der Waals surface area (Å²) < 4.78 is 0. The van der Waals surface area contributed by atoms with E-state index in [4.69, 9.17) is 0 Å². The maximum absolute atomic E-state index is 9.22. The van der Waals surface area contributed by atoms with Crippen LogP contribution in [0.4, 0.5) is 23.1 Å². The van der Waals surface area contributed by atoms with Gasteiger partial charge in [0.05, 0.1) is 17.4 Å². The molecule has 2 heterocycles. The number of rotatable bonds is 4. The maximum atomic E-state index is 9.22. The van der Waals surface area contributed by atoms with Gasteiger partial charge in [-0.15, -0.1) is 5.10 Å². The van der Waals surface area contributed by atoms with Gasteiger partial charge in [0.1, 0.15) is 6.07 Å². The second kappa shape index (κ2) is 7.70. The van der Waals surface area contributed by atoms with Crippen molar-refractivity contribution >= 4 is 23.1 Å². The number of benzene rings is 2. The van der Waals surface area contributed by atoms with Gasteiger partial charge in [0.15, 0.2) is 5.82 Å². The molecule has 1 saturated heterocycles. The Morgan fingerprint density at radius 3 is 2.37 bits per heavy atom. The van der Waals surface area contributed by atoms with Crippen LogP contribution in [0, 0.1) is 11.3 Å². The third-order valence-corrected chi connectivity index (χ3v) is 4.54. The molecule has 1 aliphatic rings. The van der Waals surface area contributed by atoms with E-state index in [1.807, 2.05) is 24.3 Å². The molecule has 134 valence electrons. The highest BCUT2D eigenvalue weighted by atomic mass is 15.4. The van der Waals surface area contributed by atoms with Gasteiger partial charge in [0, 0.05) is 31.9 Å². The SMILES string of the molecule is N#Cc1ccccc1Nc1cnnc(N2CCN(c3ccccc3)CC2)n1. The Hall–Kier alpha value is -3.66. The van der Waals surface area contributed by atoms with E-state index in [1.54, 1.807) is 12.3 Å². The zero-order valence-corrected chi connectivity index (χ0v) is 14.8. The Morgan fingerprint density at radius 2 is 1.59 bits per heavy atom. The summed E-state index contributed by atoms with van der Waals surface area (Å²) in [5, 5.41) is 20.6. The van der Waals surface area contributed by atoms with E-state index in [0.717, 1.165) is 26.2 Å². The highest BCUT2D eigenvalue weighted by Crippen LogP contribution is 2.21. The van der Waals surface area contributed by atoms with Crippen LogP contribution >= 0.6 is 0 Å². The molecule has 1 aromatic heterocycles. The van der Waals surface area contributed by atoms with Crippen molar-refractivity contribution in [2.75, 3.05) is 41.3 Å². The monoisotopic (exact) mass is 357 g/mol. The van der Waals surface area contributed by atoms with Crippen molar-refractivity contribution in [3.8, 4) is 6.07 Å². The standard InChI is InChI=1S/C20H19N7/c21-14-16-6-4-5-9-18(16)23-19-15-22-25-20(24-19)27-12-10-26(11-13-27)17-7-2-1-3-8-17/h1-9,15H,10-13H2,(H,23,24,25). The van der Waals surface area contributed by atoms with Crippen molar-refractivity contribution in [2.24, 2.45) is 0 Å². The minimum absolute atomic E-state index is 0.564. The van der Waals surface area contributed by atoms with Gasteiger partial charge in [0.2, 0.25) is 5.95 Å². The van der Waals surface area contributed by atoms with Gasteiger partial charge in [-0.25, -0.2) is 0 Å². The predicted molar refractivity (Wildman–Crippen MR) is 105 cm³/mol. The van der Waals surface area contributed by atoms with E-state index in [-0.39, 0.29) is 0 Å². The fourth-order valence-electron chi connectivity index (χ4n) is 3.12. The number of nitrogens with one attached hydrogen (secondary N) is 1. The van der Waals surface area contributed by atoms with Gasteiger partial charge in [-0.1, -0.05) is 30.3 Å². The Balaban J connectivity index is 1.45. The number of para-hydroxylation sites is 2. The van der Waals surface area contributed by atoms with Crippen LogP contribution in [0.5, 0.6) is 0 Å². The van der Waals surface area contributed by atoms with E-state index in [2.05, 4.69) is 60.6 Å². The Kier molecular flexibility index (Phi) is 4.79. The number of hydrogen-bond acceptors (Lipinski definition) is 7. The van der Waals surface area contributed by atoms with Crippen molar-refractivity contribution in [3.05, 3.63) is 66.4 Å². The fraction of sp³-hybridized carbons (Fsp3) is 0.200. The number of anilines is 4. The first-order chi connectivity index (χ1) is 13.3. The second-order valence-electron chi connectivity index (χ2n) is 6.23. The molecule has 0 atom stereocenters. The van der Waals surface area contributed by atoms with Gasteiger partial charge in [-0.3, -0.25) is 0 Å². The number of hydrogen-bond donors (Lipinski definition) is 1. The average Bonchev–Trinajstić information content (AvgIpc) is 2.75. The predicted octanol–water partition coefficient (Wildman–Crippen LogP) is 2.81. The summed E-state index contributed by atoms with van der Waals surface area (Å²) in [6, 6.07) is 19.9. The molecule has 0 bridgehead atoms. The first kappa shape index (κ1) is 16.8. The third-order valence-electron chi connectivity index (χ3n) is 4.54. The lowest BCUT2D eigenvalue weighted by Crippen LogP contribution is -2.47. The highest BCUT2D eigenvalue weighted by molar-refractivity contribution is 5.64. The molecule has 0 spiro atoms. The van der Waals surface area contributed by atoms with Gasteiger partial charge >= 0.3 is 0 Å². The molecule has 0 radical (unpaired) electrons. The van der Waals surface area contributed by atoms with E-state index in [1.165, 1.54) is 5.69 Å². The maximum Gasteiger partial charge on any atom is 0.247 e. The van der Waals surface area contributed by atoms with E-state index < -0.39 is 0 Å². The van der Waals surface area contributed by atoms with Gasteiger partial charge in [-0.05, 0) is 24.3 Å². The minimum atomic E-state index is 0.564. The highest BCUT2D eigenvalue weighted by Gasteiger charge is 2.20. The molecular weight excluding hydrogens is 338 g/mol. The summed E-state index contributed by atoms with van der Waals surface area (Å²) in [7, 11) is 0. The molecule has 27 heavy (non-hydrogen) atoms. The van der Waals surface area contributed by atoms with Gasteiger partial charge in [0.25, 0.3) is 0 Å². The van der Waals surface area contributed by atoms with Crippen molar-refractivity contribution in [1.29, 1.82) is 5.26 Å². The molecule has 0 unspecified atom stereocenters. The quantitative estimate of drug-likeness (QED) is 0.769. The Bertz CT molecular complexity index is 944. The van der Waals surface area contributed by atoms with Crippen LogP contribution in [0.25, 0.3) is 0 Å². The molecule has 1 N–H and O–H groups in total. The summed E-state index contributed by atoms with van der Waals surface area (Å²) >= 11 is 0. The summed E-state index contributed by atoms with van der Waals surface area (Å²) in [5.74, 6) is 1.18. The van der Waals surface area contributed by atoms with Crippen LogP contribution < -0.4 is 15.1 Å². The lowest BCUT2D eigenvalue weighted by Gasteiger charge is -2.35. The summed E-state index contributed by atoms with van der Waals surface area (Å²) in [6.45, 7) is 3.47. The lowest BCUT2D eigenvalue weighted by molar-refractivity contribution is 0.635. The molecule has 7 heteroatoms. The number of nitrogens with zero attached hydrogens (tertiary/aromatic N) is 6. The summed E-state index contributed by atoms with van der Waals surface area (Å²) in [4.78, 5) is 9.07. The normalized spacial score (nSPS) is 13.9. The second-order valence-corrected chi connectivity index (χ2v) is 6.23. The first-order valence-corrected chi connectivity index (χ1v) is 8.84. The van der Waals surface area contributed by atoms with Crippen LogP contribution in [0.3, 0.4) is 0 Å². The summed E-state index contributed by atoms with van der Waals surface area (Å²) in [5.41, 5.74) is 2.51. The third kappa shape index (κ3) is 3.80. The molecule has 3 aromatic rings.